The molecule has 0 spiro atoms. The summed E-state index contributed by atoms with van der Waals surface area (Å²) < 4.78 is 0. The van der Waals surface area contributed by atoms with Crippen LogP contribution in [0.15, 0.2) is 18.2 Å². The standard InChI is InChI=1S/C16H25N/c1-5-6-7-12-8-9-14-13(10-12)15(17-4)11-16(14,2)3/h8-10,15,17H,5-7,11H2,1-4H3. The maximum Gasteiger partial charge on any atom is 0.0328 e. The number of nitrogens with one attached hydrogen (secondary N) is 1. The molecule has 0 aliphatic heterocycles. The molecule has 0 fully saturated rings. The van der Waals surface area contributed by atoms with E-state index in [1.165, 1.54) is 42.4 Å². The van der Waals surface area contributed by atoms with Gasteiger partial charge in [0.15, 0.2) is 0 Å². The Morgan fingerprint density at radius 2 is 2.12 bits per heavy atom. The van der Waals surface area contributed by atoms with Crippen molar-refractivity contribution in [3.05, 3.63) is 34.9 Å². The molecular weight excluding hydrogens is 206 g/mol. The summed E-state index contributed by atoms with van der Waals surface area (Å²) >= 11 is 0. The van der Waals surface area contributed by atoms with Gasteiger partial charge in [0.2, 0.25) is 0 Å². The number of hydrogen-bond acceptors (Lipinski definition) is 1. The van der Waals surface area contributed by atoms with E-state index in [9.17, 15) is 0 Å². The Labute approximate surface area is 106 Å². The van der Waals surface area contributed by atoms with E-state index in [-0.39, 0.29) is 0 Å². The molecular formula is C16H25N. The van der Waals surface area contributed by atoms with Crippen molar-refractivity contribution in [2.45, 2.75) is 57.9 Å². The maximum atomic E-state index is 3.46. The van der Waals surface area contributed by atoms with Crippen LogP contribution < -0.4 is 5.32 Å². The van der Waals surface area contributed by atoms with Crippen molar-refractivity contribution in [3.63, 3.8) is 0 Å². The van der Waals surface area contributed by atoms with E-state index in [4.69, 9.17) is 0 Å². The Morgan fingerprint density at radius 1 is 1.35 bits per heavy atom. The van der Waals surface area contributed by atoms with Crippen molar-refractivity contribution in [2.75, 3.05) is 7.05 Å². The van der Waals surface area contributed by atoms with Gasteiger partial charge in [0, 0.05) is 6.04 Å². The quantitative estimate of drug-likeness (QED) is 0.826. The van der Waals surface area contributed by atoms with Crippen molar-refractivity contribution in [2.24, 2.45) is 0 Å². The minimum Gasteiger partial charge on any atom is -0.313 e. The molecule has 0 heterocycles. The van der Waals surface area contributed by atoms with Crippen LogP contribution in [-0.2, 0) is 11.8 Å². The average Bonchev–Trinajstić information content (AvgIpc) is 2.58. The zero-order valence-electron chi connectivity index (χ0n) is 11.6. The Kier molecular flexibility index (Phi) is 3.58. The molecule has 0 saturated heterocycles. The highest BCUT2D eigenvalue weighted by molar-refractivity contribution is 5.43. The second kappa shape index (κ2) is 4.81. The molecule has 0 amide bonds. The van der Waals surface area contributed by atoms with Gasteiger partial charge < -0.3 is 5.32 Å². The first-order valence-corrected chi connectivity index (χ1v) is 6.89. The molecule has 1 aromatic rings. The molecule has 0 radical (unpaired) electrons. The fourth-order valence-electron chi connectivity index (χ4n) is 3.04. The largest absolute Gasteiger partial charge is 0.313 e. The Hall–Kier alpha value is -0.820. The minimum atomic E-state index is 0.326. The molecule has 1 N–H and O–H groups in total. The lowest BCUT2D eigenvalue weighted by molar-refractivity contribution is 0.447. The molecule has 0 saturated carbocycles. The Bertz CT molecular complexity index is 393. The van der Waals surface area contributed by atoms with Gasteiger partial charge in [0.1, 0.15) is 0 Å². The van der Waals surface area contributed by atoms with Crippen LogP contribution in [0.1, 0.15) is 62.8 Å². The van der Waals surface area contributed by atoms with Gasteiger partial charge >= 0.3 is 0 Å². The lowest BCUT2D eigenvalue weighted by Crippen LogP contribution is -2.17. The lowest BCUT2D eigenvalue weighted by atomic mass is 9.86. The third-order valence-electron chi connectivity index (χ3n) is 4.10. The molecule has 94 valence electrons. The number of benzene rings is 1. The second-order valence-electron chi connectivity index (χ2n) is 5.95. The number of fused-ring (bicyclic) bond motifs is 1. The summed E-state index contributed by atoms with van der Waals surface area (Å²) in [6, 6.07) is 7.66. The normalized spacial score (nSPS) is 21.5. The van der Waals surface area contributed by atoms with E-state index in [0.717, 1.165) is 0 Å². The fraction of sp³-hybridized carbons (Fsp3) is 0.625. The van der Waals surface area contributed by atoms with Crippen molar-refractivity contribution in [3.8, 4) is 0 Å². The van der Waals surface area contributed by atoms with Crippen LogP contribution in [0.3, 0.4) is 0 Å². The van der Waals surface area contributed by atoms with E-state index in [1.807, 2.05) is 0 Å². The third-order valence-corrected chi connectivity index (χ3v) is 4.10. The molecule has 1 aromatic carbocycles. The lowest BCUT2D eigenvalue weighted by Gasteiger charge is -2.19. The number of rotatable bonds is 4. The average molecular weight is 231 g/mol. The van der Waals surface area contributed by atoms with Gasteiger partial charge in [0.25, 0.3) is 0 Å². The Balaban J connectivity index is 2.31. The van der Waals surface area contributed by atoms with Crippen LogP contribution >= 0.6 is 0 Å². The summed E-state index contributed by atoms with van der Waals surface area (Å²) in [6.07, 6.45) is 5.02. The predicted molar refractivity (Wildman–Crippen MR) is 74.5 cm³/mol. The van der Waals surface area contributed by atoms with Gasteiger partial charge in [-0.15, -0.1) is 0 Å². The number of aryl methyl sites for hydroxylation is 1. The van der Waals surface area contributed by atoms with E-state index < -0.39 is 0 Å². The predicted octanol–water partition coefficient (Wildman–Crippen LogP) is 3.97. The van der Waals surface area contributed by atoms with E-state index in [2.05, 4.69) is 51.3 Å². The summed E-state index contributed by atoms with van der Waals surface area (Å²) in [4.78, 5) is 0. The third kappa shape index (κ3) is 2.40. The van der Waals surface area contributed by atoms with E-state index >= 15 is 0 Å². The van der Waals surface area contributed by atoms with Crippen LogP contribution in [-0.4, -0.2) is 7.05 Å². The monoisotopic (exact) mass is 231 g/mol. The number of unbranched alkanes of at least 4 members (excludes halogenated alkanes) is 1. The first kappa shape index (κ1) is 12.6. The smallest absolute Gasteiger partial charge is 0.0328 e. The molecule has 1 nitrogen and oxygen atoms in total. The highest BCUT2D eigenvalue weighted by Crippen LogP contribution is 2.44. The van der Waals surface area contributed by atoms with Crippen LogP contribution in [0.2, 0.25) is 0 Å². The van der Waals surface area contributed by atoms with Crippen LogP contribution in [0, 0.1) is 0 Å². The van der Waals surface area contributed by atoms with Crippen molar-refractivity contribution < 1.29 is 0 Å². The summed E-state index contributed by atoms with van der Waals surface area (Å²) in [5.74, 6) is 0. The molecule has 1 atom stereocenters. The van der Waals surface area contributed by atoms with Crippen LogP contribution in [0.4, 0.5) is 0 Å². The van der Waals surface area contributed by atoms with Crippen LogP contribution in [0.25, 0.3) is 0 Å². The summed E-state index contributed by atoms with van der Waals surface area (Å²) in [5, 5.41) is 3.46. The molecule has 1 unspecified atom stereocenters. The van der Waals surface area contributed by atoms with Crippen molar-refractivity contribution >= 4 is 0 Å². The Morgan fingerprint density at radius 3 is 2.76 bits per heavy atom. The SMILES string of the molecule is CCCCc1ccc2c(c1)C(NC)CC2(C)C. The van der Waals surface area contributed by atoms with Gasteiger partial charge in [-0.25, -0.2) is 0 Å². The topological polar surface area (TPSA) is 12.0 Å². The van der Waals surface area contributed by atoms with Gasteiger partial charge in [-0.05, 0) is 48.4 Å². The van der Waals surface area contributed by atoms with Gasteiger partial charge in [0.05, 0.1) is 0 Å². The van der Waals surface area contributed by atoms with E-state index in [0.29, 0.717) is 11.5 Å². The van der Waals surface area contributed by atoms with Gasteiger partial charge in [-0.1, -0.05) is 45.4 Å². The first-order chi connectivity index (χ1) is 8.08. The first-order valence-electron chi connectivity index (χ1n) is 6.89. The molecule has 0 bridgehead atoms. The van der Waals surface area contributed by atoms with Crippen molar-refractivity contribution in [1.29, 1.82) is 0 Å². The molecule has 1 aliphatic carbocycles. The van der Waals surface area contributed by atoms with Gasteiger partial charge in [-0.2, -0.15) is 0 Å². The molecule has 0 aromatic heterocycles. The van der Waals surface area contributed by atoms with Crippen LogP contribution in [0.5, 0.6) is 0 Å². The highest BCUT2D eigenvalue weighted by Gasteiger charge is 2.35. The summed E-state index contributed by atoms with van der Waals surface area (Å²) in [7, 11) is 2.08. The minimum absolute atomic E-state index is 0.326. The fourth-order valence-corrected chi connectivity index (χ4v) is 3.04. The molecule has 2 rings (SSSR count). The second-order valence-corrected chi connectivity index (χ2v) is 5.95. The zero-order valence-corrected chi connectivity index (χ0v) is 11.6. The molecule has 17 heavy (non-hydrogen) atoms. The zero-order chi connectivity index (χ0) is 12.5. The summed E-state index contributed by atoms with van der Waals surface area (Å²) in [5.41, 5.74) is 4.90. The highest BCUT2D eigenvalue weighted by atomic mass is 14.9. The summed E-state index contributed by atoms with van der Waals surface area (Å²) in [6.45, 7) is 6.97. The van der Waals surface area contributed by atoms with Gasteiger partial charge in [-0.3, -0.25) is 0 Å². The number of hydrogen-bond donors (Lipinski definition) is 1. The molecule has 1 heteroatoms. The van der Waals surface area contributed by atoms with E-state index in [1.54, 1.807) is 0 Å². The molecule has 1 aliphatic rings. The maximum absolute atomic E-state index is 3.46. The van der Waals surface area contributed by atoms with Crippen molar-refractivity contribution in [1.82, 2.24) is 5.32 Å².